The fourth-order valence-electron chi connectivity index (χ4n) is 2.00. The summed E-state index contributed by atoms with van der Waals surface area (Å²) in [5, 5.41) is 0. The average molecular weight is 175 g/mol. The predicted molar refractivity (Wildman–Crippen MR) is 55.7 cm³/mol. The Balaban J connectivity index is 2.13. The minimum absolute atomic E-state index is 0.117. The number of rotatable bonds is 2. The standard InChI is InChI=1S/C12H17N/c1-10-5-2-3-6-11(10)9-12(13)7-4-8-12/h2-3,5-6H,4,7-9,13H2,1H3. The second-order valence-electron chi connectivity index (χ2n) is 4.32. The van der Waals surface area contributed by atoms with Crippen molar-refractivity contribution in [3.63, 3.8) is 0 Å². The summed E-state index contributed by atoms with van der Waals surface area (Å²) in [6.07, 6.45) is 4.75. The van der Waals surface area contributed by atoms with E-state index in [1.54, 1.807) is 0 Å². The van der Waals surface area contributed by atoms with Gasteiger partial charge in [0.15, 0.2) is 0 Å². The van der Waals surface area contributed by atoms with Gasteiger partial charge in [0, 0.05) is 5.54 Å². The van der Waals surface area contributed by atoms with Gasteiger partial charge in [-0.15, -0.1) is 0 Å². The van der Waals surface area contributed by atoms with Crippen LogP contribution in [0.3, 0.4) is 0 Å². The van der Waals surface area contributed by atoms with Gasteiger partial charge in [-0.05, 0) is 43.7 Å². The van der Waals surface area contributed by atoms with E-state index in [9.17, 15) is 0 Å². The quantitative estimate of drug-likeness (QED) is 0.734. The Morgan fingerprint density at radius 2 is 2.00 bits per heavy atom. The van der Waals surface area contributed by atoms with E-state index in [2.05, 4.69) is 31.2 Å². The molecule has 1 nitrogen and oxygen atoms in total. The molecule has 0 saturated heterocycles. The highest BCUT2D eigenvalue weighted by atomic mass is 14.8. The predicted octanol–water partition coefficient (Wildman–Crippen LogP) is 2.42. The average Bonchev–Trinajstić information content (AvgIpc) is 2.06. The molecule has 1 aromatic rings. The van der Waals surface area contributed by atoms with Gasteiger partial charge < -0.3 is 5.73 Å². The van der Waals surface area contributed by atoms with Crippen LogP contribution in [0.5, 0.6) is 0 Å². The van der Waals surface area contributed by atoms with E-state index < -0.39 is 0 Å². The Morgan fingerprint density at radius 3 is 2.54 bits per heavy atom. The van der Waals surface area contributed by atoms with Crippen LogP contribution in [0.25, 0.3) is 0 Å². The van der Waals surface area contributed by atoms with Crippen LogP contribution in [0.1, 0.15) is 30.4 Å². The van der Waals surface area contributed by atoms with Gasteiger partial charge in [0.05, 0.1) is 0 Å². The molecule has 1 aliphatic rings. The molecule has 1 fully saturated rings. The summed E-state index contributed by atoms with van der Waals surface area (Å²) in [4.78, 5) is 0. The van der Waals surface area contributed by atoms with Gasteiger partial charge in [0.2, 0.25) is 0 Å². The van der Waals surface area contributed by atoms with E-state index in [0.717, 1.165) is 6.42 Å². The molecule has 70 valence electrons. The van der Waals surface area contributed by atoms with E-state index in [1.165, 1.54) is 30.4 Å². The van der Waals surface area contributed by atoms with Gasteiger partial charge in [-0.2, -0.15) is 0 Å². The van der Waals surface area contributed by atoms with Gasteiger partial charge in [0.1, 0.15) is 0 Å². The first kappa shape index (κ1) is 8.76. The van der Waals surface area contributed by atoms with E-state index in [0.29, 0.717) is 0 Å². The first-order chi connectivity index (χ1) is 6.20. The number of hydrogen-bond donors (Lipinski definition) is 1. The summed E-state index contributed by atoms with van der Waals surface area (Å²) < 4.78 is 0. The second kappa shape index (κ2) is 3.15. The Morgan fingerprint density at radius 1 is 1.31 bits per heavy atom. The molecule has 0 atom stereocenters. The lowest BCUT2D eigenvalue weighted by atomic mass is 9.73. The van der Waals surface area contributed by atoms with Gasteiger partial charge in [-0.3, -0.25) is 0 Å². The summed E-state index contributed by atoms with van der Waals surface area (Å²) in [5.74, 6) is 0. The lowest BCUT2D eigenvalue weighted by Crippen LogP contribution is -2.48. The van der Waals surface area contributed by atoms with Crippen molar-refractivity contribution in [2.45, 2.75) is 38.1 Å². The Hall–Kier alpha value is -0.820. The van der Waals surface area contributed by atoms with Crippen molar-refractivity contribution < 1.29 is 0 Å². The molecule has 13 heavy (non-hydrogen) atoms. The van der Waals surface area contributed by atoms with Crippen LogP contribution in [-0.2, 0) is 6.42 Å². The molecule has 1 heteroatoms. The molecule has 2 N–H and O–H groups in total. The van der Waals surface area contributed by atoms with Crippen molar-refractivity contribution in [2.24, 2.45) is 5.73 Å². The second-order valence-corrected chi connectivity index (χ2v) is 4.32. The zero-order chi connectivity index (χ0) is 9.31. The summed E-state index contributed by atoms with van der Waals surface area (Å²) >= 11 is 0. The maximum absolute atomic E-state index is 6.20. The summed E-state index contributed by atoms with van der Waals surface area (Å²) in [6, 6.07) is 8.55. The summed E-state index contributed by atoms with van der Waals surface area (Å²) in [7, 11) is 0. The first-order valence-electron chi connectivity index (χ1n) is 5.03. The molecule has 0 unspecified atom stereocenters. The Labute approximate surface area is 80.0 Å². The normalized spacial score (nSPS) is 19.5. The lowest BCUT2D eigenvalue weighted by Gasteiger charge is -2.38. The Kier molecular flexibility index (Phi) is 2.12. The molecule has 0 amide bonds. The molecular weight excluding hydrogens is 158 g/mol. The molecule has 0 radical (unpaired) electrons. The largest absolute Gasteiger partial charge is 0.325 e. The maximum atomic E-state index is 6.20. The van der Waals surface area contributed by atoms with Crippen LogP contribution in [0.2, 0.25) is 0 Å². The lowest BCUT2D eigenvalue weighted by molar-refractivity contribution is 0.247. The maximum Gasteiger partial charge on any atom is 0.0195 e. The van der Waals surface area contributed by atoms with Crippen LogP contribution in [0.4, 0.5) is 0 Å². The van der Waals surface area contributed by atoms with Crippen molar-refractivity contribution in [2.75, 3.05) is 0 Å². The smallest absolute Gasteiger partial charge is 0.0195 e. The fraction of sp³-hybridized carbons (Fsp3) is 0.500. The molecule has 1 aliphatic carbocycles. The number of benzene rings is 1. The van der Waals surface area contributed by atoms with Gasteiger partial charge in [0.25, 0.3) is 0 Å². The monoisotopic (exact) mass is 175 g/mol. The third-order valence-corrected chi connectivity index (χ3v) is 3.15. The topological polar surface area (TPSA) is 26.0 Å². The molecule has 0 aliphatic heterocycles. The van der Waals surface area contributed by atoms with E-state index in [1.807, 2.05) is 0 Å². The van der Waals surface area contributed by atoms with Gasteiger partial charge in [-0.1, -0.05) is 24.3 Å². The van der Waals surface area contributed by atoms with E-state index in [-0.39, 0.29) is 5.54 Å². The minimum Gasteiger partial charge on any atom is -0.325 e. The number of aryl methyl sites for hydroxylation is 1. The highest BCUT2D eigenvalue weighted by Crippen LogP contribution is 2.32. The van der Waals surface area contributed by atoms with Crippen molar-refractivity contribution in [3.05, 3.63) is 35.4 Å². The molecule has 1 aromatic carbocycles. The van der Waals surface area contributed by atoms with Crippen molar-refractivity contribution in [1.82, 2.24) is 0 Å². The van der Waals surface area contributed by atoms with Crippen LogP contribution >= 0.6 is 0 Å². The van der Waals surface area contributed by atoms with Gasteiger partial charge >= 0.3 is 0 Å². The first-order valence-corrected chi connectivity index (χ1v) is 5.03. The highest BCUT2D eigenvalue weighted by molar-refractivity contribution is 5.28. The molecular formula is C12H17N. The third kappa shape index (κ3) is 1.75. The van der Waals surface area contributed by atoms with E-state index in [4.69, 9.17) is 5.73 Å². The number of hydrogen-bond acceptors (Lipinski definition) is 1. The third-order valence-electron chi connectivity index (χ3n) is 3.15. The zero-order valence-electron chi connectivity index (χ0n) is 8.22. The molecule has 1 saturated carbocycles. The molecule has 0 aromatic heterocycles. The van der Waals surface area contributed by atoms with Gasteiger partial charge in [-0.25, -0.2) is 0 Å². The fourth-order valence-corrected chi connectivity index (χ4v) is 2.00. The number of nitrogens with two attached hydrogens (primary N) is 1. The van der Waals surface area contributed by atoms with Crippen molar-refractivity contribution in [3.8, 4) is 0 Å². The highest BCUT2D eigenvalue weighted by Gasteiger charge is 2.32. The van der Waals surface area contributed by atoms with Crippen LogP contribution in [0.15, 0.2) is 24.3 Å². The molecule has 0 spiro atoms. The summed E-state index contributed by atoms with van der Waals surface area (Å²) in [5.41, 5.74) is 9.12. The summed E-state index contributed by atoms with van der Waals surface area (Å²) in [6.45, 7) is 2.16. The van der Waals surface area contributed by atoms with Crippen LogP contribution in [-0.4, -0.2) is 5.54 Å². The van der Waals surface area contributed by atoms with Crippen molar-refractivity contribution >= 4 is 0 Å². The zero-order valence-corrected chi connectivity index (χ0v) is 8.22. The van der Waals surface area contributed by atoms with Crippen LogP contribution in [0, 0.1) is 6.92 Å². The van der Waals surface area contributed by atoms with E-state index >= 15 is 0 Å². The SMILES string of the molecule is Cc1ccccc1CC1(N)CCC1. The molecule has 0 bridgehead atoms. The molecule has 0 heterocycles. The minimum atomic E-state index is 0.117. The molecule has 2 rings (SSSR count). The van der Waals surface area contributed by atoms with Crippen LogP contribution < -0.4 is 5.73 Å². The Bertz CT molecular complexity index is 300. The van der Waals surface area contributed by atoms with Crippen molar-refractivity contribution in [1.29, 1.82) is 0 Å².